The summed E-state index contributed by atoms with van der Waals surface area (Å²) in [5.41, 5.74) is 3.64. The van der Waals surface area contributed by atoms with Gasteiger partial charge in [0.15, 0.2) is 6.10 Å². The van der Waals surface area contributed by atoms with Crippen molar-refractivity contribution in [1.29, 1.82) is 0 Å². The predicted octanol–water partition coefficient (Wildman–Crippen LogP) is 3.45. The van der Waals surface area contributed by atoms with E-state index in [0.29, 0.717) is 16.9 Å². The molecule has 0 saturated heterocycles. The molecule has 0 radical (unpaired) electrons. The molecule has 0 aliphatic carbocycles. The normalized spacial score (nSPS) is 11.4. The molecule has 0 aromatic heterocycles. The van der Waals surface area contributed by atoms with E-state index in [1.807, 2.05) is 19.9 Å². The van der Waals surface area contributed by atoms with Crippen LogP contribution in [0.3, 0.4) is 0 Å². The molecule has 0 fully saturated rings. The van der Waals surface area contributed by atoms with Crippen molar-refractivity contribution in [3.05, 3.63) is 59.2 Å². The molecule has 2 aromatic rings. The van der Waals surface area contributed by atoms with E-state index >= 15 is 0 Å². The van der Waals surface area contributed by atoms with Crippen molar-refractivity contribution < 1.29 is 19.1 Å². The lowest BCUT2D eigenvalue weighted by Gasteiger charge is -2.14. The molecular weight excluding hydrogens is 332 g/mol. The summed E-state index contributed by atoms with van der Waals surface area (Å²) in [7, 11) is 0. The Balaban J connectivity index is 1.95. The third-order valence-electron chi connectivity index (χ3n) is 3.87. The summed E-state index contributed by atoms with van der Waals surface area (Å²) >= 11 is 0. The maximum Gasteiger partial charge on any atom is 0.338 e. The third kappa shape index (κ3) is 5.17. The average Bonchev–Trinajstić information content (AvgIpc) is 2.58. The number of carbonyl (C=O) groups excluding carboxylic acids is 3. The molecule has 2 aromatic carbocycles. The molecule has 6 nitrogen and oxygen atoms in total. The van der Waals surface area contributed by atoms with Gasteiger partial charge in [-0.1, -0.05) is 6.07 Å². The molecule has 0 spiro atoms. The van der Waals surface area contributed by atoms with E-state index in [9.17, 15) is 14.4 Å². The van der Waals surface area contributed by atoms with Crippen molar-refractivity contribution in [2.75, 3.05) is 10.6 Å². The summed E-state index contributed by atoms with van der Waals surface area (Å²) in [6, 6.07) is 11.9. The number of carbonyl (C=O) groups is 3. The van der Waals surface area contributed by atoms with E-state index in [4.69, 9.17) is 4.74 Å². The van der Waals surface area contributed by atoms with Gasteiger partial charge in [-0.15, -0.1) is 0 Å². The van der Waals surface area contributed by atoms with Crippen LogP contribution in [0.25, 0.3) is 0 Å². The molecule has 0 aliphatic heterocycles. The Morgan fingerprint density at radius 1 is 0.885 bits per heavy atom. The van der Waals surface area contributed by atoms with Crippen molar-refractivity contribution in [1.82, 2.24) is 0 Å². The Kier molecular flexibility index (Phi) is 6.11. The van der Waals surface area contributed by atoms with Crippen LogP contribution in [0.4, 0.5) is 11.4 Å². The van der Waals surface area contributed by atoms with E-state index in [2.05, 4.69) is 10.6 Å². The first kappa shape index (κ1) is 19.2. The second-order valence-corrected chi connectivity index (χ2v) is 6.09. The molecule has 2 amide bonds. The van der Waals surface area contributed by atoms with Crippen molar-refractivity contribution in [3.63, 3.8) is 0 Å². The molecule has 0 saturated carbocycles. The van der Waals surface area contributed by atoms with Crippen LogP contribution in [0.15, 0.2) is 42.5 Å². The van der Waals surface area contributed by atoms with Crippen LogP contribution in [-0.2, 0) is 14.3 Å². The van der Waals surface area contributed by atoms with Crippen molar-refractivity contribution >= 4 is 29.2 Å². The zero-order chi connectivity index (χ0) is 19.3. The summed E-state index contributed by atoms with van der Waals surface area (Å²) in [6.07, 6.45) is -0.945. The summed E-state index contributed by atoms with van der Waals surface area (Å²) in [5.74, 6) is -1.15. The van der Waals surface area contributed by atoms with E-state index in [1.165, 1.54) is 13.8 Å². The topological polar surface area (TPSA) is 84.5 Å². The van der Waals surface area contributed by atoms with Crippen molar-refractivity contribution in [2.45, 2.75) is 33.8 Å². The molecule has 0 bridgehead atoms. The number of ether oxygens (including phenoxy) is 1. The smallest absolute Gasteiger partial charge is 0.338 e. The Hall–Kier alpha value is -3.15. The van der Waals surface area contributed by atoms with Crippen LogP contribution < -0.4 is 10.6 Å². The fourth-order valence-corrected chi connectivity index (χ4v) is 2.23. The molecule has 6 heteroatoms. The first-order valence-corrected chi connectivity index (χ1v) is 8.23. The lowest BCUT2D eigenvalue weighted by molar-refractivity contribution is -0.123. The average molecular weight is 354 g/mol. The van der Waals surface area contributed by atoms with Gasteiger partial charge >= 0.3 is 5.97 Å². The van der Waals surface area contributed by atoms with E-state index in [-0.39, 0.29) is 5.91 Å². The fourth-order valence-electron chi connectivity index (χ4n) is 2.23. The van der Waals surface area contributed by atoms with Gasteiger partial charge in [-0.05, 0) is 68.3 Å². The van der Waals surface area contributed by atoms with Crippen LogP contribution in [0.1, 0.15) is 35.3 Å². The highest BCUT2D eigenvalue weighted by molar-refractivity contribution is 5.97. The number of nitrogens with one attached hydrogen (secondary N) is 2. The molecular formula is C20H22N2O4. The monoisotopic (exact) mass is 354 g/mol. The SMILES string of the molecule is CC(=O)Nc1ccc(NC(=O)[C@H](C)OC(=O)c2ccc(C)c(C)c2)cc1. The first-order valence-electron chi connectivity index (χ1n) is 8.23. The molecule has 0 unspecified atom stereocenters. The largest absolute Gasteiger partial charge is 0.449 e. The lowest BCUT2D eigenvalue weighted by Crippen LogP contribution is -2.30. The van der Waals surface area contributed by atoms with E-state index in [1.54, 1.807) is 36.4 Å². The molecule has 0 aliphatic rings. The Labute approximate surface area is 152 Å². The van der Waals surface area contributed by atoms with Crippen LogP contribution in [-0.4, -0.2) is 23.9 Å². The number of rotatable bonds is 5. The molecule has 2 rings (SSSR count). The zero-order valence-electron chi connectivity index (χ0n) is 15.3. The van der Waals surface area contributed by atoms with Gasteiger partial charge in [-0.25, -0.2) is 4.79 Å². The lowest BCUT2D eigenvalue weighted by atomic mass is 10.1. The van der Waals surface area contributed by atoms with Gasteiger partial charge < -0.3 is 15.4 Å². The number of anilines is 2. The van der Waals surface area contributed by atoms with Crippen LogP contribution >= 0.6 is 0 Å². The van der Waals surface area contributed by atoms with Crippen LogP contribution in [0, 0.1) is 13.8 Å². The number of esters is 1. The van der Waals surface area contributed by atoms with Crippen molar-refractivity contribution in [2.24, 2.45) is 0 Å². The maximum atomic E-state index is 12.2. The second-order valence-electron chi connectivity index (χ2n) is 6.09. The minimum atomic E-state index is -0.945. The number of amides is 2. The molecule has 26 heavy (non-hydrogen) atoms. The maximum absolute atomic E-state index is 12.2. The van der Waals surface area contributed by atoms with Crippen molar-refractivity contribution in [3.8, 4) is 0 Å². The van der Waals surface area contributed by atoms with Gasteiger partial charge in [0.05, 0.1) is 5.56 Å². The molecule has 1 atom stereocenters. The standard InChI is InChI=1S/C20H22N2O4/c1-12-5-6-16(11-13(12)2)20(25)26-14(3)19(24)22-18-9-7-17(8-10-18)21-15(4)23/h5-11,14H,1-4H3,(H,21,23)(H,22,24)/t14-/m0/s1. The number of aryl methyl sites for hydroxylation is 2. The molecule has 2 N–H and O–H groups in total. The van der Waals surface area contributed by atoms with Crippen LogP contribution in [0.5, 0.6) is 0 Å². The second kappa shape index (κ2) is 8.29. The minimum Gasteiger partial charge on any atom is -0.449 e. The summed E-state index contributed by atoms with van der Waals surface area (Å²) < 4.78 is 5.23. The highest BCUT2D eigenvalue weighted by Gasteiger charge is 2.19. The van der Waals surface area contributed by atoms with E-state index < -0.39 is 18.0 Å². The number of benzene rings is 2. The molecule has 136 valence electrons. The first-order chi connectivity index (χ1) is 12.3. The quantitative estimate of drug-likeness (QED) is 0.806. The Bertz CT molecular complexity index is 828. The fraction of sp³-hybridized carbons (Fsp3) is 0.250. The summed E-state index contributed by atoms with van der Waals surface area (Å²) in [5, 5.41) is 5.31. The van der Waals surface area contributed by atoms with Gasteiger partial charge in [0.25, 0.3) is 5.91 Å². The number of hydrogen-bond acceptors (Lipinski definition) is 4. The van der Waals surface area contributed by atoms with Crippen LogP contribution in [0.2, 0.25) is 0 Å². The minimum absolute atomic E-state index is 0.173. The van der Waals surface area contributed by atoms with Gasteiger partial charge in [-0.2, -0.15) is 0 Å². The Morgan fingerprint density at radius 3 is 2.00 bits per heavy atom. The Morgan fingerprint density at radius 2 is 1.46 bits per heavy atom. The highest BCUT2D eigenvalue weighted by atomic mass is 16.5. The summed E-state index contributed by atoms with van der Waals surface area (Å²) in [6.45, 7) is 6.80. The van der Waals surface area contributed by atoms with Gasteiger partial charge in [0.2, 0.25) is 5.91 Å². The van der Waals surface area contributed by atoms with Gasteiger partial charge in [-0.3, -0.25) is 9.59 Å². The highest BCUT2D eigenvalue weighted by Crippen LogP contribution is 2.15. The third-order valence-corrected chi connectivity index (χ3v) is 3.87. The van der Waals surface area contributed by atoms with Gasteiger partial charge in [0, 0.05) is 18.3 Å². The predicted molar refractivity (Wildman–Crippen MR) is 100 cm³/mol. The zero-order valence-corrected chi connectivity index (χ0v) is 15.3. The molecule has 0 heterocycles. The number of hydrogen-bond donors (Lipinski definition) is 2. The summed E-state index contributed by atoms with van der Waals surface area (Å²) in [4.78, 5) is 35.4. The van der Waals surface area contributed by atoms with E-state index in [0.717, 1.165) is 11.1 Å². The van der Waals surface area contributed by atoms with Gasteiger partial charge in [0.1, 0.15) is 0 Å².